The van der Waals surface area contributed by atoms with Gasteiger partial charge in [-0.05, 0) is 84.4 Å². The highest BCUT2D eigenvalue weighted by atomic mass is 15.2. The summed E-state index contributed by atoms with van der Waals surface area (Å²) >= 11 is 0. The van der Waals surface area contributed by atoms with Crippen molar-refractivity contribution in [3.05, 3.63) is 206 Å². The molecule has 0 bridgehead atoms. The number of hydrogen-bond acceptors (Lipinski definition) is 2. The van der Waals surface area contributed by atoms with Crippen LogP contribution in [0.5, 0.6) is 0 Å². The molecule has 1 aliphatic rings. The first-order chi connectivity index (χ1) is 24.3. The molecule has 0 unspecified atom stereocenters. The molecular formula is C46H33N3. The van der Waals surface area contributed by atoms with E-state index in [0.717, 1.165) is 39.8 Å². The van der Waals surface area contributed by atoms with Gasteiger partial charge in [-0.3, -0.25) is 0 Å². The van der Waals surface area contributed by atoms with Crippen LogP contribution in [-0.2, 0) is 0 Å². The van der Waals surface area contributed by atoms with Gasteiger partial charge < -0.3 is 14.4 Å². The van der Waals surface area contributed by atoms with Gasteiger partial charge in [0.25, 0.3) is 0 Å². The summed E-state index contributed by atoms with van der Waals surface area (Å²) in [5, 5.41) is 2.44. The van der Waals surface area contributed by atoms with Crippen LogP contribution >= 0.6 is 0 Å². The molecule has 0 radical (unpaired) electrons. The molecule has 0 amide bonds. The lowest BCUT2D eigenvalue weighted by Crippen LogP contribution is -2.19. The zero-order valence-corrected chi connectivity index (χ0v) is 26.9. The van der Waals surface area contributed by atoms with Gasteiger partial charge in [-0.15, -0.1) is 0 Å². The van der Waals surface area contributed by atoms with E-state index in [1.54, 1.807) is 0 Å². The monoisotopic (exact) mass is 627 g/mol. The number of hydrogen-bond donors (Lipinski definition) is 0. The van der Waals surface area contributed by atoms with Crippen molar-refractivity contribution in [3.8, 4) is 5.69 Å². The Morgan fingerprint density at radius 1 is 0.449 bits per heavy atom. The van der Waals surface area contributed by atoms with Crippen molar-refractivity contribution in [2.75, 3.05) is 9.80 Å². The van der Waals surface area contributed by atoms with Crippen LogP contribution in [0.2, 0.25) is 0 Å². The largest absolute Gasteiger partial charge is 0.310 e. The fraction of sp³-hybridized carbons (Fsp3) is 0. The zero-order valence-electron chi connectivity index (χ0n) is 26.9. The normalized spacial score (nSPS) is 13.0. The Morgan fingerprint density at radius 3 is 1.82 bits per heavy atom. The fourth-order valence-electron chi connectivity index (χ4n) is 7.38. The predicted octanol–water partition coefficient (Wildman–Crippen LogP) is 12.7. The molecule has 49 heavy (non-hydrogen) atoms. The van der Waals surface area contributed by atoms with Crippen molar-refractivity contribution in [1.29, 1.82) is 0 Å². The topological polar surface area (TPSA) is 11.4 Å². The summed E-state index contributed by atoms with van der Waals surface area (Å²) in [6, 6.07) is 63.0. The van der Waals surface area contributed by atoms with Crippen LogP contribution in [0.15, 0.2) is 195 Å². The van der Waals surface area contributed by atoms with Gasteiger partial charge >= 0.3 is 0 Å². The van der Waals surface area contributed by atoms with E-state index in [-0.39, 0.29) is 0 Å². The Balaban J connectivity index is 1.28. The molecule has 0 saturated heterocycles. The number of anilines is 6. The summed E-state index contributed by atoms with van der Waals surface area (Å²) < 4.78 is 2.36. The number of rotatable bonds is 6. The minimum Gasteiger partial charge on any atom is -0.310 e. The lowest BCUT2D eigenvalue weighted by molar-refractivity contribution is 1.18. The van der Waals surface area contributed by atoms with Crippen LogP contribution in [0.3, 0.4) is 0 Å². The molecule has 9 rings (SSSR count). The molecule has 0 saturated carbocycles. The number of allylic oxidation sites excluding steroid dienone is 2. The molecule has 8 aromatic rings. The number of aromatic nitrogens is 1. The van der Waals surface area contributed by atoms with Crippen molar-refractivity contribution in [1.82, 2.24) is 4.57 Å². The average molecular weight is 628 g/mol. The second kappa shape index (κ2) is 11.9. The fourth-order valence-corrected chi connectivity index (χ4v) is 7.38. The maximum Gasteiger partial charge on any atom is 0.0561 e. The van der Waals surface area contributed by atoms with Crippen molar-refractivity contribution in [2.24, 2.45) is 0 Å². The van der Waals surface area contributed by atoms with Gasteiger partial charge in [-0.25, -0.2) is 0 Å². The van der Waals surface area contributed by atoms with Crippen molar-refractivity contribution in [3.63, 3.8) is 0 Å². The highest BCUT2D eigenvalue weighted by Gasteiger charge is 2.28. The molecule has 2 heterocycles. The second-order valence-corrected chi connectivity index (χ2v) is 12.3. The molecule has 0 fully saturated rings. The lowest BCUT2D eigenvalue weighted by atomic mass is 9.89. The van der Waals surface area contributed by atoms with E-state index >= 15 is 0 Å². The minimum absolute atomic E-state index is 1.08. The van der Waals surface area contributed by atoms with Crippen LogP contribution in [0.25, 0.3) is 33.1 Å². The average Bonchev–Trinajstić information content (AvgIpc) is 3.50. The van der Waals surface area contributed by atoms with E-state index in [1.165, 1.54) is 38.5 Å². The van der Waals surface area contributed by atoms with Crippen molar-refractivity contribution >= 4 is 61.5 Å². The van der Waals surface area contributed by atoms with E-state index in [0.29, 0.717) is 0 Å². The van der Waals surface area contributed by atoms with Crippen molar-refractivity contribution < 1.29 is 0 Å². The lowest BCUT2D eigenvalue weighted by Gasteiger charge is -2.36. The van der Waals surface area contributed by atoms with Gasteiger partial charge in [-0.1, -0.05) is 116 Å². The summed E-state index contributed by atoms with van der Waals surface area (Å²) in [5.41, 5.74) is 13.7. The number of benzene rings is 7. The molecule has 3 heteroatoms. The third kappa shape index (κ3) is 4.75. The molecule has 0 spiro atoms. The van der Waals surface area contributed by atoms with Gasteiger partial charge in [-0.2, -0.15) is 0 Å². The summed E-state index contributed by atoms with van der Waals surface area (Å²) in [5.74, 6) is 0. The Kier molecular flexibility index (Phi) is 6.95. The number of nitrogens with zero attached hydrogens (tertiary/aromatic N) is 3. The molecule has 0 aliphatic carbocycles. The summed E-state index contributed by atoms with van der Waals surface area (Å²) in [7, 11) is 0. The highest BCUT2D eigenvalue weighted by Crippen LogP contribution is 2.51. The second-order valence-electron chi connectivity index (χ2n) is 12.3. The molecule has 1 aliphatic heterocycles. The summed E-state index contributed by atoms with van der Waals surface area (Å²) in [4.78, 5) is 4.75. The Bertz CT molecular complexity index is 2510. The summed E-state index contributed by atoms with van der Waals surface area (Å²) in [6.45, 7) is 4.07. The molecule has 1 aromatic heterocycles. The van der Waals surface area contributed by atoms with E-state index in [4.69, 9.17) is 0 Å². The van der Waals surface area contributed by atoms with Crippen LogP contribution in [0.1, 0.15) is 11.1 Å². The number of fused-ring (bicyclic) bond motifs is 5. The Morgan fingerprint density at radius 2 is 1.04 bits per heavy atom. The first-order valence-electron chi connectivity index (χ1n) is 16.7. The SMILES string of the molecule is C=C/C=C1\c2ccccc2N(c2ccccc2)c2cc(N(c3ccccc3)c3ccc4c(c3)c3ccccc3n4-c3ccccc3)ccc21. The van der Waals surface area contributed by atoms with Gasteiger partial charge in [0, 0.05) is 50.3 Å². The van der Waals surface area contributed by atoms with E-state index < -0.39 is 0 Å². The third-order valence-electron chi connectivity index (χ3n) is 9.45. The van der Waals surface area contributed by atoms with Gasteiger partial charge in [0.2, 0.25) is 0 Å². The molecule has 7 aromatic carbocycles. The quantitative estimate of drug-likeness (QED) is 0.182. The maximum atomic E-state index is 4.07. The first-order valence-corrected chi connectivity index (χ1v) is 16.7. The van der Waals surface area contributed by atoms with E-state index in [1.807, 2.05) is 6.08 Å². The molecule has 3 nitrogen and oxygen atoms in total. The molecular weight excluding hydrogens is 595 g/mol. The molecule has 0 N–H and O–H groups in total. The minimum atomic E-state index is 1.08. The van der Waals surface area contributed by atoms with Gasteiger partial charge in [0.15, 0.2) is 0 Å². The number of para-hydroxylation sites is 5. The maximum absolute atomic E-state index is 4.07. The van der Waals surface area contributed by atoms with Crippen molar-refractivity contribution in [2.45, 2.75) is 0 Å². The van der Waals surface area contributed by atoms with E-state index in [2.05, 4.69) is 203 Å². The predicted molar refractivity (Wildman–Crippen MR) is 207 cm³/mol. The van der Waals surface area contributed by atoms with Crippen LogP contribution in [-0.4, -0.2) is 4.57 Å². The van der Waals surface area contributed by atoms with Gasteiger partial charge in [0.1, 0.15) is 0 Å². The smallest absolute Gasteiger partial charge is 0.0561 e. The highest BCUT2D eigenvalue weighted by molar-refractivity contribution is 6.11. The molecule has 0 atom stereocenters. The Hall–Kier alpha value is -6.58. The summed E-state index contributed by atoms with van der Waals surface area (Å²) in [6.07, 6.45) is 4.02. The van der Waals surface area contributed by atoms with Crippen LogP contribution in [0.4, 0.5) is 34.1 Å². The molecule has 232 valence electrons. The standard InChI is InChI=1S/C46H33N3/c1-2-16-38-39-23-12-14-25-43(39)49(35-21-10-5-11-22-35)46-32-37(27-29-41(38)46)47(33-17-6-3-7-18-33)36-28-30-45-42(31-36)40-24-13-15-26-44(40)48(45)34-19-8-4-9-20-34/h2-32H,1H2/b38-16+. The van der Waals surface area contributed by atoms with Crippen LogP contribution in [0, 0.1) is 0 Å². The third-order valence-corrected chi connectivity index (χ3v) is 9.45. The Labute approximate surface area is 286 Å². The van der Waals surface area contributed by atoms with Gasteiger partial charge in [0.05, 0.1) is 22.4 Å². The first kappa shape index (κ1) is 28.6. The zero-order chi connectivity index (χ0) is 32.7. The van der Waals surface area contributed by atoms with Crippen LogP contribution < -0.4 is 9.80 Å². The van der Waals surface area contributed by atoms with E-state index in [9.17, 15) is 0 Å².